The zero-order valence-electron chi connectivity index (χ0n) is 10.0. The second-order valence-electron chi connectivity index (χ2n) is 4.45. The monoisotopic (exact) mass is 252 g/mol. The molecule has 1 aromatic rings. The van der Waals surface area contributed by atoms with Gasteiger partial charge in [-0.3, -0.25) is 14.9 Å². The van der Waals surface area contributed by atoms with Gasteiger partial charge in [0.2, 0.25) is 11.8 Å². The maximum Gasteiger partial charge on any atom is 0.230 e. The van der Waals surface area contributed by atoms with E-state index < -0.39 is 0 Å². The summed E-state index contributed by atoms with van der Waals surface area (Å²) in [6.07, 6.45) is 2.12. The van der Waals surface area contributed by atoms with Crippen LogP contribution in [0.2, 0.25) is 0 Å². The molecule has 0 radical (unpaired) electrons. The van der Waals surface area contributed by atoms with Crippen LogP contribution >= 0.6 is 11.3 Å². The number of amides is 2. The molecule has 1 saturated heterocycles. The number of carbonyl (C=O) groups excluding carboxylic acids is 2. The number of rotatable bonds is 3. The molecule has 4 nitrogen and oxygen atoms in total. The van der Waals surface area contributed by atoms with E-state index in [-0.39, 0.29) is 23.7 Å². The molecule has 92 valence electrons. The number of aromatic nitrogens is 1. The van der Waals surface area contributed by atoms with Crippen LogP contribution in [-0.2, 0) is 9.59 Å². The smallest absolute Gasteiger partial charge is 0.230 e. The fourth-order valence-electron chi connectivity index (χ4n) is 2.25. The zero-order valence-corrected chi connectivity index (χ0v) is 10.8. The Morgan fingerprint density at radius 3 is 2.88 bits per heavy atom. The maximum atomic E-state index is 11.8. The molecule has 0 bridgehead atoms. The largest absolute Gasteiger partial charge is 0.296 e. The Balaban J connectivity index is 2.26. The Bertz CT molecular complexity index is 441. The Morgan fingerprint density at radius 1 is 1.53 bits per heavy atom. The van der Waals surface area contributed by atoms with Crippen molar-refractivity contribution in [3.8, 4) is 0 Å². The maximum absolute atomic E-state index is 11.8. The molecular formula is C12H16N2O2S. The lowest BCUT2D eigenvalue weighted by molar-refractivity contribution is -0.137. The lowest BCUT2D eigenvalue weighted by Crippen LogP contribution is -2.44. The number of hydrogen-bond donors (Lipinski definition) is 1. The first-order valence-corrected chi connectivity index (χ1v) is 6.75. The van der Waals surface area contributed by atoms with Crippen molar-refractivity contribution in [2.24, 2.45) is 5.92 Å². The van der Waals surface area contributed by atoms with Crippen molar-refractivity contribution in [3.05, 3.63) is 16.1 Å². The van der Waals surface area contributed by atoms with Crippen LogP contribution < -0.4 is 5.32 Å². The molecule has 2 heterocycles. The van der Waals surface area contributed by atoms with Gasteiger partial charge in [0.05, 0.1) is 5.01 Å². The molecule has 1 aliphatic rings. The first kappa shape index (κ1) is 12.2. The van der Waals surface area contributed by atoms with Crippen molar-refractivity contribution in [1.82, 2.24) is 10.3 Å². The predicted octanol–water partition coefficient (Wildman–Crippen LogP) is 2.00. The van der Waals surface area contributed by atoms with Gasteiger partial charge in [0, 0.05) is 29.3 Å². The highest BCUT2D eigenvalue weighted by Crippen LogP contribution is 2.35. The van der Waals surface area contributed by atoms with E-state index in [0.717, 1.165) is 23.5 Å². The standard InChI is InChI=1S/C12H16N2O2S/c1-3-4-8-9(5-10(15)14-11(8)16)12-13-7(2)6-17-12/h6,8-9H,3-5H2,1-2H3,(H,14,15,16). The van der Waals surface area contributed by atoms with Gasteiger partial charge in [0.25, 0.3) is 0 Å². The number of piperidine rings is 1. The minimum atomic E-state index is -0.180. The van der Waals surface area contributed by atoms with Crippen LogP contribution in [0.5, 0.6) is 0 Å². The van der Waals surface area contributed by atoms with Gasteiger partial charge in [-0.15, -0.1) is 11.3 Å². The first-order valence-electron chi connectivity index (χ1n) is 5.87. The third-order valence-corrected chi connectivity index (χ3v) is 4.14. The number of nitrogens with zero attached hydrogens (tertiary/aromatic N) is 1. The van der Waals surface area contributed by atoms with E-state index in [0.29, 0.717) is 6.42 Å². The minimum Gasteiger partial charge on any atom is -0.296 e. The van der Waals surface area contributed by atoms with Crippen LogP contribution in [-0.4, -0.2) is 16.8 Å². The van der Waals surface area contributed by atoms with E-state index in [2.05, 4.69) is 10.3 Å². The summed E-state index contributed by atoms with van der Waals surface area (Å²) in [5.74, 6) is -0.459. The van der Waals surface area contributed by atoms with Crippen LogP contribution in [0, 0.1) is 12.8 Å². The molecule has 1 aliphatic heterocycles. The van der Waals surface area contributed by atoms with Gasteiger partial charge < -0.3 is 0 Å². The van der Waals surface area contributed by atoms with E-state index in [1.54, 1.807) is 11.3 Å². The van der Waals surface area contributed by atoms with Crippen molar-refractivity contribution in [2.45, 2.75) is 39.0 Å². The highest BCUT2D eigenvalue weighted by atomic mass is 32.1. The zero-order chi connectivity index (χ0) is 12.4. The summed E-state index contributed by atoms with van der Waals surface area (Å²) >= 11 is 1.55. The number of nitrogens with one attached hydrogen (secondary N) is 1. The van der Waals surface area contributed by atoms with E-state index in [1.165, 1.54) is 0 Å². The van der Waals surface area contributed by atoms with E-state index in [4.69, 9.17) is 0 Å². The molecule has 2 rings (SSSR count). The van der Waals surface area contributed by atoms with E-state index in [9.17, 15) is 9.59 Å². The van der Waals surface area contributed by atoms with Crippen LogP contribution in [0.15, 0.2) is 5.38 Å². The molecule has 1 N–H and O–H groups in total. The Kier molecular flexibility index (Phi) is 3.57. The van der Waals surface area contributed by atoms with Gasteiger partial charge in [0.15, 0.2) is 0 Å². The number of aryl methyl sites for hydroxylation is 1. The molecule has 0 saturated carbocycles. The molecule has 2 atom stereocenters. The van der Waals surface area contributed by atoms with Gasteiger partial charge in [-0.2, -0.15) is 0 Å². The van der Waals surface area contributed by atoms with Crippen LogP contribution in [0.3, 0.4) is 0 Å². The molecule has 0 aliphatic carbocycles. The van der Waals surface area contributed by atoms with Crippen molar-refractivity contribution in [1.29, 1.82) is 0 Å². The summed E-state index contributed by atoms with van der Waals surface area (Å²) in [4.78, 5) is 27.7. The van der Waals surface area contributed by atoms with Crippen molar-refractivity contribution in [3.63, 3.8) is 0 Å². The fraction of sp³-hybridized carbons (Fsp3) is 0.583. The van der Waals surface area contributed by atoms with Crippen LogP contribution in [0.1, 0.15) is 42.8 Å². The van der Waals surface area contributed by atoms with Gasteiger partial charge in [0.1, 0.15) is 0 Å². The highest BCUT2D eigenvalue weighted by Gasteiger charge is 2.37. The third kappa shape index (κ3) is 2.54. The van der Waals surface area contributed by atoms with Crippen molar-refractivity contribution in [2.75, 3.05) is 0 Å². The van der Waals surface area contributed by atoms with Crippen LogP contribution in [0.4, 0.5) is 0 Å². The Morgan fingerprint density at radius 2 is 2.29 bits per heavy atom. The van der Waals surface area contributed by atoms with Crippen molar-refractivity contribution >= 4 is 23.2 Å². The van der Waals surface area contributed by atoms with Gasteiger partial charge in [-0.05, 0) is 13.3 Å². The number of thiazole rings is 1. The molecule has 17 heavy (non-hydrogen) atoms. The van der Waals surface area contributed by atoms with Crippen LogP contribution in [0.25, 0.3) is 0 Å². The highest BCUT2D eigenvalue weighted by molar-refractivity contribution is 7.09. The van der Waals surface area contributed by atoms with Gasteiger partial charge in [-0.1, -0.05) is 13.3 Å². The van der Waals surface area contributed by atoms with E-state index >= 15 is 0 Å². The number of hydrogen-bond acceptors (Lipinski definition) is 4. The summed E-state index contributed by atoms with van der Waals surface area (Å²) in [5.41, 5.74) is 0.957. The lowest BCUT2D eigenvalue weighted by atomic mass is 9.83. The first-order chi connectivity index (χ1) is 8.11. The second-order valence-corrected chi connectivity index (χ2v) is 5.34. The number of carbonyl (C=O) groups is 2. The average Bonchev–Trinajstić information content (AvgIpc) is 2.68. The van der Waals surface area contributed by atoms with Crippen molar-refractivity contribution < 1.29 is 9.59 Å². The quantitative estimate of drug-likeness (QED) is 0.837. The van der Waals surface area contributed by atoms with Gasteiger partial charge in [-0.25, -0.2) is 4.98 Å². The predicted molar refractivity (Wildman–Crippen MR) is 65.8 cm³/mol. The summed E-state index contributed by atoms with van der Waals surface area (Å²) in [6.45, 7) is 3.98. The minimum absolute atomic E-state index is 0.0325. The lowest BCUT2D eigenvalue weighted by Gasteiger charge is -2.28. The fourth-order valence-corrected chi connectivity index (χ4v) is 3.21. The topological polar surface area (TPSA) is 59.1 Å². The van der Waals surface area contributed by atoms with Gasteiger partial charge >= 0.3 is 0 Å². The molecule has 2 unspecified atom stereocenters. The average molecular weight is 252 g/mol. The molecular weight excluding hydrogens is 236 g/mol. The number of imide groups is 1. The summed E-state index contributed by atoms with van der Waals surface area (Å²) in [5, 5.41) is 5.31. The summed E-state index contributed by atoms with van der Waals surface area (Å²) in [6, 6.07) is 0. The summed E-state index contributed by atoms with van der Waals surface area (Å²) < 4.78 is 0. The molecule has 5 heteroatoms. The normalized spacial score (nSPS) is 24.8. The SMILES string of the molecule is CCCC1C(=O)NC(=O)CC1c1nc(C)cs1. The second kappa shape index (κ2) is 4.96. The third-order valence-electron chi connectivity index (χ3n) is 3.04. The molecule has 0 aromatic carbocycles. The molecule has 1 fully saturated rings. The molecule has 1 aromatic heterocycles. The molecule has 2 amide bonds. The van der Waals surface area contributed by atoms with E-state index in [1.807, 2.05) is 19.2 Å². The summed E-state index contributed by atoms with van der Waals surface area (Å²) in [7, 11) is 0. The Labute approximate surface area is 104 Å². The Hall–Kier alpha value is -1.23. The molecule has 0 spiro atoms.